The first kappa shape index (κ1) is 16.0. The molecule has 0 bridgehead atoms. The topological polar surface area (TPSA) is 73.7 Å². The van der Waals surface area contributed by atoms with Crippen molar-refractivity contribution in [2.45, 2.75) is 6.42 Å². The molecule has 0 atom stereocenters. The summed E-state index contributed by atoms with van der Waals surface area (Å²) in [6.45, 7) is 2.12. The lowest BCUT2D eigenvalue weighted by Crippen LogP contribution is -2.37. The second-order valence-electron chi connectivity index (χ2n) is 5.70. The monoisotopic (exact) mass is 325 g/mol. The van der Waals surface area contributed by atoms with E-state index in [1.807, 2.05) is 0 Å². The second-order valence-corrected chi connectivity index (χ2v) is 5.70. The first-order valence-corrected chi connectivity index (χ1v) is 7.94. The van der Waals surface area contributed by atoms with Crippen LogP contribution in [0.1, 0.15) is 27.3 Å². The average Bonchev–Trinajstić information content (AvgIpc) is 2.87. The molecule has 0 saturated carbocycles. The van der Waals surface area contributed by atoms with Crippen LogP contribution in [0.25, 0.3) is 0 Å². The number of amides is 2. The molecule has 2 amide bonds. The molecule has 1 aromatic carbocycles. The molecule has 1 aliphatic rings. The fourth-order valence-corrected chi connectivity index (χ4v) is 2.80. The number of aromatic nitrogens is 1. The third-order valence-electron chi connectivity index (χ3n) is 4.05. The molecule has 24 heavy (non-hydrogen) atoms. The molecule has 2 aromatic rings. The van der Waals surface area contributed by atoms with E-state index in [-0.39, 0.29) is 17.6 Å². The van der Waals surface area contributed by atoms with Crippen molar-refractivity contribution >= 4 is 11.8 Å². The zero-order chi connectivity index (χ0) is 16.9. The summed E-state index contributed by atoms with van der Waals surface area (Å²) in [6, 6.07) is 11.6. The number of aromatic hydroxyl groups is 1. The van der Waals surface area contributed by atoms with Crippen molar-refractivity contribution in [3.63, 3.8) is 0 Å². The minimum atomic E-state index is -0.127. The number of pyridine rings is 1. The summed E-state index contributed by atoms with van der Waals surface area (Å²) in [5, 5.41) is 9.53. The fraction of sp³-hybridized carbons (Fsp3) is 0.278. The van der Waals surface area contributed by atoms with Crippen molar-refractivity contribution in [2.75, 3.05) is 26.2 Å². The van der Waals surface area contributed by atoms with Gasteiger partial charge in [-0.25, -0.2) is 0 Å². The van der Waals surface area contributed by atoms with E-state index in [1.165, 1.54) is 12.1 Å². The maximum absolute atomic E-state index is 12.6. The highest BCUT2D eigenvalue weighted by Crippen LogP contribution is 2.15. The molecule has 124 valence electrons. The minimum absolute atomic E-state index is 0.0719. The average molecular weight is 325 g/mol. The van der Waals surface area contributed by atoms with Gasteiger partial charge in [0.25, 0.3) is 11.8 Å². The van der Waals surface area contributed by atoms with E-state index in [9.17, 15) is 14.7 Å². The van der Waals surface area contributed by atoms with Crippen LogP contribution in [0.15, 0.2) is 48.7 Å². The molecule has 6 heteroatoms. The number of phenolic OH excluding ortho intramolecular Hbond substituents is 1. The Hall–Kier alpha value is -2.89. The molecule has 2 heterocycles. The van der Waals surface area contributed by atoms with Crippen LogP contribution in [-0.4, -0.2) is 57.9 Å². The van der Waals surface area contributed by atoms with Gasteiger partial charge in [-0.3, -0.25) is 14.6 Å². The molecular formula is C18H19N3O3. The van der Waals surface area contributed by atoms with Crippen molar-refractivity contribution in [2.24, 2.45) is 0 Å². The summed E-state index contributed by atoms with van der Waals surface area (Å²) in [5.41, 5.74) is 0.879. The lowest BCUT2D eigenvalue weighted by molar-refractivity contribution is 0.0715. The van der Waals surface area contributed by atoms with Gasteiger partial charge in [0, 0.05) is 37.9 Å². The summed E-state index contributed by atoms with van der Waals surface area (Å²) in [7, 11) is 0. The molecule has 1 N–H and O–H groups in total. The van der Waals surface area contributed by atoms with Crippen molar-refractivity contribution < 1.29 is 14.7 Å². The van der Waals surface area contributed by atoms with Crippen LogP contribution >= 0.6 is 0 Å². The molecule has 0 spiro atoms. The predicted molar refractivity (Wildman–Crippen MR) is 88.8 cm³/mol. The number of rotatable bonds is 2. The second kappa shape index (κ2) is 7.12. The first-order valence-electron chi connectivity index (χ1n) is 7.94. The van der Waals surface area contributed by atoms with Crippen LogP contribution in [0.2, 0.25) is 0 Å². The van der Waals surface area contributed by atoms with Gasteiger partial charge in [0.2, 0.25) is 0 Å². The number of benzene rings is 1. The van der Waals surface area contributed by atoms with E-state index in [0.29, 0.717) is 43.9 Å². The first-order chi connectivity index (χ1) is 11.6. The Morgan fingerprint density at radius 2 is 1.67 bits per heavy atom. The largest absolute Gasteiger partial charge is 0.508 e. The molecule has 6 nitrogen and oxygen atoms in total. The van der Waals surface area contributed by atoms with E-state index in [1.54, 1.807) is 46.3 Å². The van der Waals surface area contributed by atoms with Crippen molar-refractivity contribution in [3.8, 4) is 5.75 Å². The van der Waals surface area contributed by atoms with E-state index in [4.69, 9.17) is 0 Å². The number of phenols is 1. The van der Waals surface area contributed by atoms with Gasteiger partial charge in [0.15, 0.2) is 0 Å². The van der Waals surface area contributed by atoms with Crippen molar-refractivity contribution in [1.29, 1.82) is 0 Å². The lowest BCUT2D eigenvalue weighted by Gasteiger charge is -2.22. The van der Waals surface area contributed by atoms with Crippen molar-refractivity contribution in [3.05, 3.63) is 59.9 Å². The quantitative estimate of drug-likeness (QED) is 0.913. The van der Waals surface area contributed by atoms with Gasteiger partial charge in [-0.15, -0.1) is 0 Å². The van der Waals surface area contributed by atoms with Crippen molar-refractivity contribution in [1.82, 2.24) is 14.8 Å². The zero-order valence-electron chi connectivity index (χ0n) is 13.3. The number of hydrogen-bond donors (Lipinski definition) is 1. The lowest BCUT2D eigenvalue weighted by atomic mass is 10.2. The Morgan fingerprint density at radius 1 is 0.917 bits per heavy atom. The maximum atomic E-state index is 12.6. The van der Waals surface area contributed by atoms with Gasteiger partial charge in [-0.2, -0.15) is 0 Å². The summed E-state index contributed by atoms with van der Waals surface area (Å²) in [6.07, 6.45) is 2.31. The highest BCUT2D eigenvalue weighted by molar-refractivity contribution is 5.95. The Kier molecular flexibility index (Phi) is 4.74. The molecule has 3 rings (SSSR count). The summed E-state index contributed by atoms with van der Waals surface area (Å²) in [4.78, 5) is 32.6. The molecule has 1 fully saturated rings. The Labute approximate surface area is 140 Å². The highest BCUT2D eigenvalue weighted by Gasteiger charge is 2.24. The molecular weight excluding hydrogens is 306 g/mol. The molecule has 0 aliphatic carbocycles. The SMILES string of the molecule is O=C(c1cccc(O)c1)N1CCCN(C(=O)c2ccccn2)CC1. The number of nitrogens with zero attached hydrogens (tertiary/aromatic N) is 3. The van der Waals surface area contributed by atoms with E-state index in [0.717, 1.165) is 0 Å². The van der Waals surface area contributed by atoms with Gasteiger partial charge in [0.1, 0.15) is 11.4 Å². The van der Waals surface area contributed by atoms with Crippen LogP contribution in [0.5, 0.6) is 5.75 Å². The third kappa shape index (κ3) is 3.53. The van der Waals surface area contributed by atoms with Gasteiger partial charge in [0.05, 0.1) is 0 Å². The smallest absolute Gasteiger partial charge is 0.272 e. The number of carbonyl (C=O) groups excluding carboxylic acids is 2. The minimum Gasteiger partial charge on any atom is -0.508 e. The van der Waals surface area contributed by atoms with Gasteiger partial charge in [-0.05, 0) is 36.8 Å². The van der Waals surface area contributed by atoms with Crippen LogP contribution in [-0.2, 0) is 0 Å². The normalized spacial score (nSPS) is 15.0. The molecule has 0 unspecified atom stereocenters. The Bertz CT molecular complexity index is 733. The standard InChI is InChI=1S/C18H19N3O3/c22-15-6-3-5-14(13-15)17(23)20-9-4-10-21(12-11-20)18(24)16-7-1-2-8-19-16/h1-3,5-8,13,22H,4,9-12H2. The fourth-order valence-electron chi connectivity index (χ4n) is 2.80. The highest BCUT2D eigenvalue weighted by atomic mass is 16.3. The summed E-state index contributed by atoms with van der Waals surface area (Å²) < 4.78 is 0. The van der Waals surface area contributed by atoms with Crippen LogP contribution in [0.3, 0.4) is 0 Å². The van der Waals surface area contributed by atoms with E-state index >= 15 is 0 Å². The van der Waals surface area contributed by atoms with E-state index < -0.39 is 0 Å². The molecule has 1 aromatic heterocycles. The zero-order valence-corrected chi connectivity index (χ0v) is 13.3. The predicted octanol–water partition coefficient (Wildman–Crippen LogP) is 1.78. The Balaban J connectivity index is 1.67. The van der Waals surface area contributed by atoms with Crippen LogP contribution < -0.4 is 0 Å². The van der Waals surface area contributed by atoms with Crippen LogP contribution in [0.4, 0.5) is 0 Å². The van der Waals surface area contributed by atoms with Gasteiger partial charge in [-0.1, -0.05) is 12.1 Å². The number of hydrogen-bond acceptors (Lipinski definition) is 4. The number of carbonyl (C=O) groups is 2. The molecule has 1 aliphatic heterocycles. The van der Waals surface area contributed by atoms with Gasteiger partial charge >= 0.3 is 0 Å². The summed E-state index contributed by atoms with van der Waals surface area (Å²) in [5.74, 6) is -0.164. The van der Waals surface area contributed by atoms with E-state index in [2.05, 4.69) is 4.98 Å². The maximum Gasteiger partial charge on any atom is 0.272 e. The molecule has 0 radical (unpaired) electrons. The van der Waals surface area contributed by atoms with Gasteiger partial charge < -0.3 is 14.9 Å². The molecule has 1 saturated heterocycles. The summed E-state index contributed by atoms with van der Waals surface area (Å²) >= 11 is 0. The third-order valence-corrected chi connectivity index (χ3v) is 4.05. The Morgan fingerprint density at radius 3 is 2.33 bits per heavy atom. The van der Waals surface area contributed by atoms with Crippen LogP contribution in [0, 0.1) is 0 Å².